The molecule has 0 atom stereocenters. The molecule has 4 rings (SSSR count). The lowest BCUT2D eigenvalue weighted by Crippen LogP contribution is -2.48. The number of carbonyl (C=O) groups is 2. The molecule has 0 saturated carbocycles. The van der Waals surface area contributed by atoms with E-state index >= 15 is 0 Å². The third-order valence-electron chi connectivity index (χ3n) is 6.92. The highest BCUT2D eigenvalue weighted by Gasteiger charge is 2.28. The fraction of sp³-hybridized carbons (Fsp3) is 0.333. The summed E-state index contributed by atoms with van der Waals surface area (Å²) < 4.78 is 6.70. The molecule has 1 fully saturated rings. The largest absolute Gasteiger partial charge is 0.446 e. The molecule has 8 heteroatoms. The lowest BCUT2D eigenvalue weighted by Gasteiger charge is -2.36. The monoisotopic (exact) mass is 536 g/mol. The van der Waals surface area contributed by atoms with Crippen molar-refractivity contribution in [1.82, 2.24) is 0 Å². The van der Waals surface area contributed by atoms with E-state index in [1.807, 2.05) is 48.5 Å². The van der Waals surface area contributed by atoms with Crippen LogP contribution in [0, 0.1) is 0 Å². The van der Waals surface area contributed by atoms with Gasteiger partial charge in [0, 0.05) is 24.8 Å². The first-order valence-corrected chi connectivity index (χ1v) is 13.3. The number of ether oxygens (including phenoxy) is 1. The predicted molar refractivity (Wildman–Crippen MR) is 151 cm³/mol. The van der Waals surface area contributed by atoms with Crippen molar-refractivity contribution in [3.05, 3.63) is 82.9 Å². The van der Waals surface area contributed by atoms with Gasteiger partial charge >= 0.3 is 6.09 Å². The van der Waals surface area contributed by atoms with Crippen molar-refractivity contribution in [2.75, 3.05) is 37.8 Å². The van der Waals surface area contributed by atoms with E-state index in [9.17, 15) is 14.7 Å². The second kappa shape index (κ2) is 12.4. The van der Waals surface area contributed by atoms with E-state index in [4.69, 9.17) is 16.3 Å². The normalized spacial score (nSPS) is 15.1. The number of anilines is 2. The van der Waals surface area contributed by atoms with Gasteiger partial charge in [0.1, 0.15) is 6.10 Å². The zero-order valence-electron chi connectivity index (χ0n) is 21.9. The summed E-state index contributed by atoms with van der Waals surface area (Å²) in [7, 11) is 4.38. The molecule has 0 spiro atoms. The summed E-state index contributed by atoms with van der Waals surface area (Å²) in [6, 6.07) is 20.7. The topological polar surface area (TPSA) is 87.7 Å². The van der Waals surface area contributed by atoms with Crippen LogP contribution in [0.1, 0.15) is 30.4 Å². The van der Waals surface area contributed by atoms with Crippen molar-refractivity contribution >= 4 is 35.0 Å². The number of likely N-dealkylation sites (tertiary alicyclic amines) is 1. The number of aliphatic hydroxyl groups is 1. The minimum atomic E-state index is -0.463. The van der Waals surface area contributed by atoms with E-state index in [1.54, 1.807) is 18.2 Å². The second-order valence-electron chi connectivity index (χ2n) is 10.4. The molecule has 3 aromatic rings. The standard InChI is InChI=1S/C30H34ClN3O4/c1-34(2)16-14-24(15-17-34)38-30(37)33-28-19-21(8-11-25(28)23-6-4-3-5-7-23)10-13-29(36)32-27-12-9-22(20-35)18-26(27)31/h3-9,11-12,18-19,24,35H,10,13-17,20H2,1-2H3,(H-,32,33,36,37)/p+1. The summed E-state index contributed by atoms with van der Waals surface area (Å²) in [5.74, 6) is -0.177. The number of hydrogen-bond acceptors (Lipinski definition) is 4. The number of hydrogen-bond donors (Lipinski definition) is 3. The van der Waals surface area contributed by atoms with Crippen LogP contribution in [-0.2, 0) is 22.6 Å². The highest BCUT2D eigenvalue weighted by atomic mass is 35.5. The maximum absolute atomic E-state index is 12.9. The third-order valence-corrected chi connectivity index (χ3v) is 7.24. The summed E-state index contributed by atoms with van der Waals surface area (Å²) in [5.41, 5.74) is 4.60. The fourth-order valence-corrected chi connectivity index (χ4v) is 4.85. The average Bonchev–Trinajstić information content (AvgIpc) is 2.90. The maximum Gasteiger partial charge on any atom is 0.411 e. The van der Waals surface area contributed by atoms with Crippen molar-refractivity contribution in [2.24, 2.45) is 0 Å². The van der Waals surface area contributed by atoms with Crippen LogP contribution in [-0.4, -0.2) is 54.9 Å². The lowest BCUT2D eigenvalue weighted by molar-refractivity contribution is -0.896. The number of halogens is 1. The van der Waals surface area contributed by atoms with Gasteiger partial charge in [-0.25, -0.2) is 4.79 Å². The summed E-state index contributed by atoms with van der Waals surface area (Å²) in [6.45, 7) is 1.83. The first-order chi connectivity index (χ1) is 18.2. The van der Waals surface area contributed by atoms with E-state index in [0.717, 1.165) is 47.1 Å². The van der Waals surface area contributed by atoms with E-state index in [1.165, 1.54) is 0 Å². The van der Waals surface area contributed by atoms with Crippen molar-refractivity contribution in [3.8, 4) is 11.1 Å². The van der Waals surface area contributed by atoms with Crippen LogP contribution in [0.5, 0.6) is 0 Å². The Kier molecular flexibility index (Phi) is 9.05. The Morgan fingerprint density at radius 1 is 0.947 bits per heavy atom. The first-order valence-electron chi connectivity index (χ1n) is 12.9. The summed E-state index contributed by atoms with van der Waals surface area (Å²) in [6.07, 6.45) is 1.85. The SMILES string of the molecule is C[N+]1(C)CCC(OC(=O)Nc2cc(CCC(=O)Nc3ccc(CO)cc3Cl)ccc2-c2ccccc2)CC1. The van der Waals surface area contributed by atoms with Crippen LogP contribution < -0.4 is 10.6 Å². The van der Waals surface area contributed by atoms with E-state index < -0.39 is 6.09 Å². The van der Waals surface area contributed by atoms with E-state index in [2.05, 4.69) is 24.7 Å². The lowest BCUT2D eigenvalue weighted by atomic mass is 9.99. The molecule has 200 valence electrons. The van der Waals surface area contributed by atoms with E-state index in [-0.39, 0.29) is 25.0 Å². The molecule has 3 N–H and O–H groups in total. The van der Waals surface area contributed by atoms with Crippen molar-refractivity contribution in [3.63, 3.8) is 0 Å². The number of amides is 2. The van der Waals surface area contributed by atoms with Crippen molar-refractivity contribution < 1.29 is 23.9 Å². The van der Waals surface area contributed by atoms with Gasteiger partial charge in [-0.05, 0) is 41.3 Å². The van der Waals surface area contributed by atoms with Crippen LogP contribution in [0.4, 0.5) is 16.2 Å². The van der Waals surface area contributed by atoms with Gasteiger partial charge < -0.3 is 19.6 Å². The van der Waals surface area contributed by atoms with E-state index in [0.29, 0.717) is 28.4 Å². The highest BCUT2D eigenvalue weighted by Crippen LogP contribution is 2.30. The molecule has 1 saturated heterocycles. The van der Waals surface area contributed by atoms with Gasteiger partial charge in [0.25, 0.3) is 0 Å². The number of quaternary nitrogens is 1. The molecule has 1 heterocycles. The molecule has 0 aliphatic carbocycles. The maximum atomic E-state index is 12.9. The summed E-state index contributed by atoms with van der Waals surface area (Å²) in [5, 5.41) is 15.4. The second-order valence-corrected chi connectivity index (χ2v) is 10.8. The highest BCUT2D eigenvalue weighted by molar-refractivity contribution is 6.33. The Morgan fingerprint density at radius 2 is 1.66 bits per heavy atom. The molecule has 0 aromatic heterocycles. The Balaban J connectivity index is 1.43. The number of carbonyl (C=O) groups excluding carboxylic acids is 2. The zero-order valence-corrected chi connectivity index (χ0v) is 22.6. The number of aryl methyl sites for hydroxylation is 1. The zero-order chi connectivity index (χ0) is 27.1. The smallest absolute Gasteiger partial charge is 0.411 e. The van der Waals surface area contributed by atoms with Gasteiger partial charge in [-0.15, -0.1) is 0 Å². The van der Waals surface area contributed by atoms with Gasteiger partial charge in [0.05, 0.1) is 50.2 Å². The van der Waals surface area contributed by atoms with Crippen LogP contribution in [0.15, 0.2) is 66.7 Å². The number of benzene rings is 3. The first kappa shape index (κ1) is 27.6. The minimum Gasteiger partial charge on any atom is -0.446 e. The Morgan fingerprint density at radius 3 is 2.34 bits per heavy atom. The summed E-state index contributed by atoms with van der Waals surface area (Å²) >= 11 is 6.22. The van der Waals surface area contributed by atoms with Crippen LogP contribution in [0.2, 0.25) is 5.02 Å². The summed E-state index contributed by atoms with van der Waals surface area (Å²) in [4.78, 5) is 25.5. The van der Waals surface area contributed by atoms with Gasteiger partial charge in [0.2, 0.25) is 5.91 Å². The van der Waals surface area contributed by atoms with Gasteiger partial charge in [-0.1, -0.05) is 60.1 Å². The molecule has 1 aliphatic rings. The molecule has 2 amide bonds. The Bertz CT molecular complexity index is 1270. The third kappa shape index (κ3) is 7.57. The molecule has 38 heavy (non-hydrogen) atoms. The van der Waals surface area contributed by atoms with Gasteiger partial charge in [-0.3, -0.25) is 10.1 Å². The molecule has 0 bridgehead atoms. The van der Waals surface area contributed by atoms with Crippen LogP contribution in [0.25, 0.3) is 11.1 Å². The Hall–Kier alpha value is -3.39. The molecular formula is C30H35ClN3O4+. The molecule has 1 aliphatic heterocycles. The number of aliphatic hydroxyl groups excluding tert-OH is 1. The number of nitrogens with one attached hydrogen (secondary N) is 2. The van der Waals surface area contributed by atoms with Gasteiger partial charge in [0.15, 0.2) is 0 Å². The van der Waals surface area contributed by atoms with Gasteiger partial charge in [-0.2, -0.15) is 0 Å². The van der Waals surface area contributed by atoms with Crippen molar-refractivity contribution in [1.29, 1.82) is 0 Å². The number of piperidine rings is 1. The molecule has 0 radical (unpaired) electrons. The minimum absolute atomic E-state index is 0.0912. The van der Waals surface area contributed by atoms with Crippen LogP contribution >= 0.6 is 11.6 Å². The number of nitrogens with zero attached hydrogens (tertiary/aromatic N) is 1. The molecule has 3 aromatic carbocycles. The Labute approximate surface area is 229 Å². The molecular weight excluding hydrogens is 502 g/mol. The molecule has 0 unspecified atom stereocenters. The fourth-order valence-electron chi connectivity index (χ4n) is 4.60. The average molecular weight is 537 g/mol. The predicted octanol–water partition coefficient (Wildman–Crippen LogP) is 5.86. The van der Waals surface area contributed by atoms with Crippen molar-refractivity contribution in [2.45, 2.75) is 38.4 Å². The van der Waals surface area contributed by atoms with Crippen LogP contribution in [0.3, 0.4) is 0 Å². The number of rotatable bonds is 8. The quantitative estimate of drug-likeness (QED) is 0.315. The molecule has 7 nitrogen and oxygen atoms in total.